The summed E-state index contributed by atoms with van der Waals surface area (Å²) in [6, 6.07) is 18.0. The normalized spacial score (nSPS) is 12.1. The van der Waals surface area contributed by atoms with Crippen LogP contribution in [0, 0.1) is 5.82 Å². The van der Waals surface area contributed by atoms with E-state index in [9.17, 15) is 22.4 Å². The van der Waals surface area contributed by atoms with Gasteiger partial charge in [-0.15, -0.1) is 0 Å². The van der Waals surface area contributed by atoms with Crippen molar-refractivity contribution in [3.63, 3.8) is 0 Å². The summed E-state index contributed by atoms with van der Waals surface area (Å²) in [5.41, 5.74) is 1.54. The van der Waals surface area contributed by atoms with E-state index in [-0.39, 0.29) is 29.7 Å². The molecular formula is C29H33ClFN3O5S. The first-order valence-electron chi connectivity index (χ1n) is 12.6. The summed E-state index contributed by atoms with van der Waals surface area (Å²) in [7, 11) is -2.52. The molecule has 1 atom stereocenters. The molecule has 0 aliphatic rings. The summed E-state index contributed by atoms with van der Waals surface area (Å²) < 4.78 is 45.4. The lowest BCUT2D eigenvalue weighted by Gasteiger charge is -2.34. The molecule has 3 aromatic carbocycles. The third-order valence-corrected chi connectivity index (χ3v) is 7.51. The third-order valence-electron chi connectivity index (χ3n) is 6.07. The molecule has 2 amide bonds. The van der Waals surface area contributed by atoms with E-state index in [2.05, 4.69) is 5.32 Å². The minimum Gasteiger partial charge on any atom is -0.495 e. The topological polar surface area (TPSA) is 96.0 Å². The van der Waals surface area contributed by atoms with Crippen LogP contribution in [0.4, 0.5) is 10.1 Å². The lowest BCUT2D eigenvalue weighted by Crippen LogP contribution is -2.54. The predicted octanol–water partition coefficient (Wildman–Crippen LogP) is 4.42. The Morgan fingerprint density at radius 3 is 2.20 bits per heavy atom. The first-order valence-corrected chi connectivity index (χ1v) is 14.8. The number of carbonyl (C=O) groups is 2. The number of methoxy groups -OCH3 is 1. The number of hydrogen-bond acceptors (Lipinski definition) is 5. The van der Waals surface area contributed by atoms with Crippen LogP contribution in [0.15, 0.2) is 72.8 Å². The highest BCUT2D eigenvalue weighted by atomic mass is 35.5. The molecule has 0 unspecified atom stereocenters. The van der Waals surface area contributed by atoms with Crippen LogP contribution in [-0.4, -0.2) is 57.1 Å². The SMILES string of the molecule is COc1ccc(N(CC(=O)N(Cc2ccc(F)cc2)[C@H](Cc2ccccc2)C(=O)NC(C)C)S(C)(=O)=O)cc1Cl. The molecule has 0 aromatic heterocycles. The second-order valence-electron chi connectivity index (χ2n) is 9.61. The maximum absolute atomic E-state index is 14.0. The maximum Gasteiger partial charge on any atom is 0.244 e. The number of anilines is 1. The average Bonchev–Trinajstić information content (AvgIpc) is 2.89. The molecule has 0 fully saturated rings. The standard InChI is InChI=1S/C29H33ClFN3O5S/c1-20(2)32-29(36)26(16-21-8-6-5-7-9-21)33(18-22-10-12-23(31)13-11-22)28(35)19-34(40(4,37)38)24-14-15-27(39-3)25(30)17-24/h5-15,17,20,26H,16,18-19H2,1-4H3,(H,32,36)/t26-/m1/s1. The first kappa shape index (κ1) is 30.9. The van der Waals surface area contributed by atoms with Crippen LogP contribution < -0.4 is 14.4 Å². The highest BCUT2D eigenvalue weighted by Gasteiger charge is 2.33. The second kappa shape index (κ2) is 13.6. The van der Waals surface area contributed by atoms with Crippen molar-refractivity contribution < 1.29 is 27.1 Å². The number of hydrogen-bond donors (Lipinski definition) is 1. The van der Waals surface area contributed by atoms with E-state index in [0.717, 1.165) is 16.1 Å². The van der Waals surface area contributed by atoms with Crippen molar-refractivity contribution in [2.75, 3.05) is 24.2 Å². The summed E-state index contributed by atoms with van der Waals surface area (Å²) in [6.07, 6.45) is 1.16. The van der Waals surface area contributed by atoms with Crippen molar-refractivity contribution in [2.45, 2.75) is 38.9 Å². The Balaban J connectivity index is 2.06. The lowest BCUT2D eigenvalue weighted by molar-refractivity contribution is -0.140. The van der Waals surface area contributed by atoms with Crippen LogP contribution in [0.25, 0.3) is 0 Å². The number of nitrogens with zero attached hydrogens (tertiary/aromatic N) is 2. The molecule has 0 spiro atoms. The summed E-state index contributed by atoms with van der Waals surface area (Å²) in [5, 5.41) is 3.04. The summed E-state index contributed by atoms with van der Waals surface area (Å²) in [5.74, 6) is -1.12. The van der Waals surface area contributed by atoms with Crippen molar-refractivity contribution >= 4 is 39.1 Å². The smallest absolute Gasteiger partial charge is 0.244 e. The van der Waals surface area contributed by atoms with Crippen molar-refractivity contribution in [1.29, 1.82) is 0 Å². The van der Waals surface area contributed by atoms with Crippen LogP contribution in [0.2, 0.25) is 5.02 Å². The Labute approximate surface area is 239 Å². The zero-order chi connectivity index (χ0) is 29.4. The van der Waals surface area contributed by atoms with Crippen molar-refractivity contribution in [2.24, 2.45) is 0 Å². The molecule has 11 heteroatoms. The van der Waals surface area contributed by atoms with Gasteiger partial charge in [0.15, 0.2) is 0 Å². The largest absolute Gasteiger partial charge is 0.495 e. The molecule has 0 saturated carbocycles. The molecule has 0 radical (unpaired) electrons. The van der Waals surface area contributed by atoms with Gasteiger partial charge in [-0.05, 0) is 55.3 Å². The molecule has 8 nitrogen and oxygen atoms in total. The van der Waals surface area contributed by atoms with Crippen molar-refractivity contribution in [1.82, 2.24) is 10.2 Å². The molecule has 40 heavy (non-hydrogen) atoms. The van der Waals surface area contributed by atoms with Gasteiger partial charge in [-0.3, -0.25) is 13.9 Å². The molecule has 3 rings (SSSR count). The fourth-order valence-corrected chi connectivity index (χ4v) is 5.24. The van der Waals surface area contributed by atoms with Gasteiger partial charge >= 0.3 is 0 Å². The van der Waals surface area contributed by atoms with E-state index < -0.39 is 40.2 Å². The average molecular weight is 590 g/mol. The second-order valence-corrected chi connectivity index (χ2v) is 11.9. The lowest BCUT2D eigenvalue weighted by atomic mass is 10.0. The number of rotatable bonds is 12. The monoisotopic (exact) mass is 589 g/mol. The Hall–Kier alpha value is -3.63. The van der Waals surface area contributed by atoms with Gasteiger partial charge in [-0.2, -0.15) is 0 Å². The molecule has 0 aliphatic carbocycles. The van der Waals surface area contributed by atoms with Crippen LogP contribution >= 0.6 is 11.6 Å². The van der Waals surface area contributed by atoms with Crippen molar-refractivity contribution in [3.8, 4) is 5.75 Å². The number of ether oxygens (including phenoxy) is 1. The molecule has 214 valence electrons. The van der Waals surface area contributed by atoms with Gasteiger partial charge in [0, 0.05) is 19.0 Å². The Bertz CT molecular complexity index is 1420. The van der Waals surface area contributed by atoms with Gasteiger partial charge in [-0.25, -0.2) is 12.8 Å². The predicted molar refractivity (Wildman–Crippen MR) is 154 cm³/mol. The fraction of sp³-hybridized carbons (Fsp3) is 0.310. The zero-order valence-corrected chi connectivity index (χ0v) is 24.4. The minimum absolute atomic E-state index is 0.0525. The van der Waals surface area contributed by atoms with Gasteiger partial charge in [0.1, 0.15) is 24.2 Å². The number of amides is 2. The van der Waals surface area contributed by atoms with Crippen LogP contribution in [0.3, 0.4) is 0 Å². The quantitative estimate of drug-likeness (QED) is 0.337. The zero-order valence-electron chi connectivity index (χ0n) is 22.8. The highest BCUT2D eigenvalue weighted by Crippen LogP contribution is 2.30. The van der Waals surface area contributed by atoms with E-state index >= 15 is 0 Å². The number of nitrogens with one attached hydrogen (secondary N) is 1. The summed E-state index contributed by atoms with van der Waals surface area (Å²) >= 11 is 6.25. The number of carbonyl (C=O) groups excluding carboxylic acids is 2. The van der Waals surface area contributed by atoms with Crippen LogP contribution in [0.5, 0.6) is 5.75 Å². The Kier molecular flexibility index (Phi) is 10.5. The molecule has 0 saturated heterocycles. The number of sulfonamides is 1. The summed E-state index contributed by atoms with van der Waals surface area (Å²) in [4.78, 5) is 28.8. The minimum atomic E-state index is -3.95. The van der Waals surface area contributed by atoms with E-state index in [1.807, 2.05) is 44.2 Å². The molecule has 0 aliphatic heterocycles. The van der Waals surface area contributed by atoms with E-state index in [0.29, 0.717) is 11.3 Å². The van der Waals surface area contributed by atoms with E-state index in [1.54, 1.807) is 0 Å². The number of halogens is 2. The van der Waals surface area contributed by atoms with Gasteiger partial charge in [-0.1, -0.05) is 54.1 Å². The Morgan fingerprint density at radius 1 is 1.00 bits per heavy atom. The molecule has 1 N–H and O–H groups in total. The van der Waals surface area contributed by atoms with Crippen LogP contribution in [0.1, 0.15) is 25.0 Å². The van der Waals surface area contributed by atoms with E-state index in [1.165, 1.54) is 54.5 Å². The maximum atomic E-state index is 14.0. The van der Waals surface area contributed by atoms with Gasteiger partial charge < -0.3 is 15.0 Å². The van der Waals surface area contributed by atoms with E-state index in [4.69, 9.17) is 16.3 Å². The van der Waals surface area contributed by atoms with Gasteiger partial charge in [0.05, 0.1) is 24.1 Å². The Morgan fingerprint density at radius 2 is 1.65 bits per heavy atom. The summed E-state index contributed by atoms with van der Waals surface area (Å²) in [6.45, 7) is 2.97. The molecule has 3 aromatic rings. The van der Waals surface area contributed by atoms with Crippen LogP contribution in [-0.2, 0) is 32.6 Å². The first-order chi connectivity index (χ1) is 18.9. The van der Waals surface area contributed by atoms with Gasteiger partial charge in [0.2, 0.25) is 21.8 Å². The third kappa shape index (κ3) is 8.43. The van der Waals surface area contributed by atoms with Gasteiger partial charge in [0.25, 0.3) is 0 Å². The number of benzene rings is 3. The fourth-order valence-electron chi connectivity index (χ4n) is 4.15. The molecule has 0 heterocycles. The molecular weight excluding hydrogens is 557 g/mol. The van der Waals surface area contributed by atoms with Crippen molar-refractivity contribution in [3.05, 3.63) is 94.8 Å². The molecule has 0 bridgehead atoms. The highest BCUT2D eigenvalue weighted by molar-refractivity contribution is 7.92.